The first-order valence-corrected chi connectivity index (χ1v) is 9.73. The van der Waals surface area contributed by atoms with Crippen molar-refractivity contribution in [3.05, 3.63) is 92.9 Å². The van der Waals surface area contributed by atoms with Crippen molar-refractivity contribution in [3.8, 4) is 22.8 Å². The number of phenolic OH excluding ortho intramolecular Hbond substituents is 1. The zero-order valence-corrected chi connectivity index (χ0v) is 17.0. The van der Waals surface area contributed by atoms with E-state index in [9.17, 15) is 14.7 Å². The van der Waals surface area contributed by atoms with Gasteiger partial charge in [0.1, 0.15) is 22.9 Å². The van der Waals surface area contributed by atoms with Crippen LogP contribution in [0.25, 0.3) is 11.3 Å². The van der Waals surface area contributed by atoms with Crippen LogP contribution in [0.1, 0.15) is 18.5 Å². The minimum Gasteiger partial charge on any atom is -0.508 e. The van der Waals surface area contributed by atoms with Gasteiger partial charge in [-0.3, -0.25) is 14.6 Å². The molecule has 156 valence electrons. The zero-order valence-electron chi connectivity index (χ0n) is 17.0. The molecule has 4 aromatic rings. The van der Waals surface area contributed by atoms with Gasteiger partial charge in [-0.25, -0.2) is 0 Å². The van der Waals surface area contributed by atoms with E-state index in [1.807, 2.05) is 37.3 Å². The Kier molecular flexibility index (Phi) is 5.41. The Morgan fingerprint density at radius 2 is 1.77 bits per heavy atom. The number of benzene rings is 2. The Morgan fingerprint density at radius 3 is 2.48 bits per heavy atom. The van der Waals surface area contributed by atoms with Gasteiger partial charge >= 0.3 is 0 Å². The fourth-order valence-corrected chi connectivity index (χ4v) is 3.39. The molecule has 0 spiro atoms. The summed E-state index contributed by atoms with van der Waals surface area (Å²) in [5, 5.41) is 15.8. The summed E-state index contributed by atoms with van der Waals surface area (Å²) in [6.45, 7) is 1.85. The number of methoxy groups -OCH3 is 1. The van der Waals surface area contributed by atoms with E-state index in [0.29, 0.717) is 11.4 Å². The van der Waals surface area contributed by atoms with Crippen LogP contribution in [0.5, 0.6) is 11.5 Å². The van der Waals surface area contributed by atoms with Crippen molar-refractivity contribution in [2.24, 2.45) is 0 Å². The SMILES string of the molecule is COc1ccc(Nc2c(N[C@H](C)c3cccc(O)c3)c(=O)c2=O)cc1-c1ccccn1. The first-order valence-electron chi connectivity index (χ1n) is 9.73. The van der Waals surface area contributed by atoms with E-state index in [4.69, 9.17) is 4.74 Å². The van der Waals surface area contributed by atoms with Gasteiger partial charge < -0.3 is 20.5 Å². The van der Waals surface area contributed by atoms with Crippen LogP contribution in [0.3, 0.4) is 0 Å². The first kappa shape index (κ1) is 20.2. The van der Waals surface area contributed by atoms with Crippen LogP contribution >= 0.6 is 0 Å². The highest BCUT2D eigenvalue weighted by molar-refractivity contribution is 5.81. The summed E-state index contributed by atoms with van der Waals surface area (Å²) in [5.74, 6) is 0.778. The number of nitrogens with one attached hydrogen (secondary N) is 2. The molecule has 0 bridgehead atoms. The molecule has 0 saturated heterocycles. The minimum atomic E-state index is -0.583. The number of phenols is 1. The molecule has 0 saturated carbocycles. The van der Waals surface area contributed by atoms with Gasteiger partial charge in [0.2, 0.25) is 0 Å². The molecule has 7 heteroatoms. The zero-order chi connectivity index (χ0) is 22.0. The van der Waals surface area contributed by atoms with Crippen molar-refractivity contribution >= 4 is 17.1 Å². The normalized spacial score (nSPS) is 11.8. The standard InChI is InChI=1S/C24H21N3O4/c1-14(15-6-5-7-17(28)12-15)26-21-22(24(30)23(21)29)27-16-9-10-20(31-2)18(13-16)19-8-3-4-11-25-19/h3-14,26-28H,1-2H3/t14-/m1/s1. The molecular weight excluding hydrogens is 394 g/mol. The highest BCUT2D eigenvalue weighted by Crippen LogP contribution is 2.33. The molecule has 0 unspecified atom stereocenters. The molecule has 1 aromatic heterocycles. The van der Waals surface area contributed by atoms with E-state index in [1.165, 1.54) is 0 Å². The fraction of sp³-hybridized carbons (Fsp3) is 0.125. The molecule has 3 aromatic carbocycles. The number of nitrogens with zero attached hydrogens (tertiary/aromatic N) is 1. The van der Waals surface area contributed by atoms with Crippen LogP contribution in [0, 0.1) is 0 Å². The molecule has 1 heterocycles. The fourth-order valence-electron chi connectivity index (χ4n) is 3.39. The van der Waals surface area contributed by atoms with Crippen LogP contribution < -0.4 is 26.2 Å². The minimum absolute atomic E-state index is 0.134. The van der Waals surface area contributed by atoms with Crippen LogP contribution in [0.4, 0.5) is 17.1 Å². The second-order valence-corrected chi connectivity index (χ2v) is 7.12. The maximum absolute atomic E-state index is 12.2. The molecule has 0 aliphatic carbocycles. The smallest absolute Gasteiger partial charge is 0.253 e. The Morgan fingerprint density at radius 1 is 0.968 bits per heavy atom. The van der Waals surface area contributed by atoms with Crippen LogP contribution in [0.15, 0.2) is 76.4 Å². The molecule has 0 fully saturated rings. The van der Waals surface area contributed by atoms with Gasteiger partial charge in [0.15, 0.2) is 0 Å². The lowest BCUT2D eigenvalue weighted by Gasteiger charge is -2.20. The van der Waals surface area contributed by atoms with Crippen molar-refractivity contribution in [2.45, 2.75) is 13.0 Å². The number of ether oxygens (including phenoxy) is 1. The maximum atomic E-state index is 12.2. The molecular formula is C24H21N3O4. The highest BCUT2D eigenvalue weighted by atomic mass is 16.5. The van der Waals surface area contributed by atoms with Crippen molar-refractivity contribution in [3.63, 3.8) is 0 Å². The van der Waals surface area contributed by atoms with Gasteiger partial charge in [-0.05, 0) is 55.0 Å². The molecule has 4 rings (SSSR count). The maximum Gasteiger partial charge on any atom is 0.253 e. The van der Waals surface area contributed by atoms with Gasteiger partial charge in [-0.1, -0.05) is 18.2 Å². The third kappa shape index (κ3) is 3.98. The quantitative estimate of drug-likeness (QED) is 0.393. The Bertz CT molecular complexity index is 1290. The van der Waals surface area contributed by atoms with E-state index < -0.39 is 10.9 Å². The third-order valence-electron chi connectivity index (χ3n) is 5.05. The summed E-state index contributed by atoms with van der Waals surface area (Å²) in [6.07, 6.45) is 1.69. The summed E-state index contributed by atoms with van der Waals surface area (Å²) >= 11 is 0. The van der Waals surface area contributed by atoms with Crippen molar-refractivity contribution in [1.82, 2.24) is 4.98 Å². The Labute approximate surface area is 178 Å². The van der Waals surface area contributed by atoms with Crippen LogP contribution in [-0.2, 0) is 0 Å². The number of aromatic hydroxyl groups is 1. The molecule has 0 aliphatic rings. The number of anilines is 3. The van der Waals surface area contributed by atoms with E-state index in [0.717, 1.165) is 16.8 Å². The van der Waals surface area contributed by atoms with E-state index in [1.54, 1.807) is 43.6 Å². The lowest BCUT2D eigenvalue weighted by atomic mass is 10.1. The van der Waals surface area contributed by atoms with Gasteiger partial charge in [-0.15, -0.1) is 0 Å². The highest BCUT2D eigenvalue weighted by Gasteiger charge is 2.23. The molecule has 31 heavy (non-hydrogen) atoms. The summed E-state index contributed by atoms with van der Waals surface area (Å²) in [7, 11) is 1.58. The van der Waals surface area contributed by atoms with Crippen LogP contribution in [-0.4, -0.2) is 17.2 Å². The molecule has 1 atom stereocenters. The van der Waals surface area contributed by atoms with Crippen LogP contribution in [0.2, 0.25) is 0 Å². The largest absolute Gasteiger partial charge is 0.508 e. The van der Waals surface area contributed by atoms with Crippen molar-refractivity contribution < 1.29 is 9.84 Å². The summed E-state index contributed by atoms with van der Waals surface area (Å²) in [4.78, 5) is 28.8. The predicted octanol–water partition coefficient (Wildman–Crippen LogP) is 3.98. The molecule has 3 N–H and O–H groups in total. The number of hydrogen-bond acceptors (Lipinski definition) is 7. The van der Waals surface area contributed by atoms with E-state index >= 15 is 0 Å². The summed E-state index contributed by atoms with van der Waals surface area (Å²) < 4.78 is 5.44. The second kappa shape index (κ2) is 8.31. The van der Waals surface area contributed by atoms with Gasteiger partial charge in [0.25, 0.3) is 10.9 Å². The number of pyridine rings is 1. The summed E-state index contributed by atoms with van der Waals surface area (Å²) in [5.41, 5.74) is 2.17. The predicted molar refractivity (Wildman–Crippen MR) is 121 cm³/mol. The number of rotatable bonds is 7. The Balaban J connectivity index is 1.62. The first-order chi connectivity index (χ1) is 15.0. The topological polar surface area (TPSA) is 101 Å². The summed E-state index contributed by atoms with van der Waals surface area (Å²) in [6, 6.07) is 17.4. The van der Waals surface area contributed by atoms with Gasteiger partial charge in [-0.2, -0.15) is 0 Å². The lowest BCUT2D eigenvalue weighted by Crippen LogP contribution is -2.37. The average Bonchev–Trinajstić information content (AvgIpc) is 2.81. The molecule has 0 aliphatic heterocycles. The van der Waals surface area contributed by atoms with Crippen molar-refractivity contribution in [1.29, 1.82) is 0 Å². The van der Waals surface area contributed by atoms with Crippen molar-refractivity contribution in [2.75, 3.05) is 17.7 Å². The van der Waals surface area contributed by atoms with Gasteiger partial charge in [0.05, 0.1) is 12.8 Å². The molecule has 0 amide bonds. The number of aromatic nitrogens is 1. The van der Waals surface area contributed by atoms with E-state index in [2.05, 4.69) is 15.6 Å². The monoisotopic (exact) mass is 415 g/mol. The second-order valence-electron chi connectivity index (χ2n) is 7.12. The average molecular weight is 415 g/mol. The number of hydrogen-bond donors (Lipinski definition) is 3. The third-order valence-corrected chi connectivity index (χ3v) is 5.05. The lowest BCUT2D eigenvalue weighted by molar-refractivity contribution is 0.416. The molecule has 7 nitrogen and oxygen atoms in total. The van der Waals surface area contributed by atoms with Gasteiger partial charge in [0, 0.05) is 23.5 Å². The molecule has 0 radical (unpaired) electrons. The Hall–Kier alpha value is -4.13. The van der Waals surface area contributed by atoms with E-state index in [-0.39, 0.29) is 23.2 Å².